The second kappa shape index (κ2) is 10.3. The minimum absolute atomic E-state index is 0.225. The summed E-state index contributed by atoms with van der Waals surface area (Å²) in [4.78, 5) is 51.3. The summed E-state index contributed by atoms with van der Waals surface area (Å²) >= 11 is 0. The average molecular weight is 538 g/mol. The van der Waals surface area contributed by atoms with Crippen molar-refractivity contribution in [3.05, 3.63) is 142 Å². The van der Waals surface area contributed by atoms with Crippen LogP contribution in [0.1, 0.15) is 37.3 Å². The second-order valence-corrected chi connectivity index (χ2v) is 9.42. The first-order chi connectivity index (χ1) is 19.5. The fourth-order valence-corrected chi connectivity index (χ4v) is 4.88. The smallest absolute Gasteiger partial charge is 0.339 e. The molecule has 40 heavy (non-hydrogen) atoms. The summed E-state index contributed by atoms with van der Waals surface area (Å²) < 4.78 is 25.6. The average Bonchev–Trinajstić information content (AvgIpc) is 3.46. The first kappa shape index (κ1) is 25.3. The predicted molar refractivity (Wildman–Crippen MR) is 140 cm³/mol. The van der Waals surface area contributed by atoms with Crippen molar-refractivity contribution >= 4 is 17.9 Å². The van der Waals surface area contributed by atoms with Crippen molar-refractivity contribution < 1.29 is 33.3 Å². The van der Waals surface area contributed by atoms with Crippen LogP contribution in [0, 0.1) is 0 Å². The molecule has 2 aliphatic rings. The molecular weight excluding hydrogens is 514 g/mol. The summed E-state index contributed by atoms with van der Waals surface area (Å²) in [5.74, 6) is -2.03. The van der Waals surface area contributed by atoms with Crippen LogP contribution in [0.3, 0.4) is 0 Å². The van der Waals surface area contributed by atoms with Gasteiger partial charge in [0, 0.05) is 24.5 Å². The highest BCUT2D eigenvalue weighted by Gasteiger charge is 2.84. The van der Waals surface area contributed by atoms with Crippen LogP contribution in [-0.2, 0) is 18.9 Å². The van der Waals surface area contributed by atoms with Gasteiger partial charge in [-0.3, -0.25) is 4.79 Å². The molecule has 0 bridgehead atoms. The Bertz CT molecular complexity index is 1580. The van der Waals surface area contributed by atoms with E-state index in [4.69, 9.17) is 18.9 Å². The maximum absolute atomic E-state index is 13.3. The van der Waals surface area contributed by atoms with Gasteiger partial charge in [0.15, 0.2) is 23.9 Å². The van der Waals surface area contributed by atoms with Crippen LogP contribution in [-0.4, -0.2) is 46.4 Å². The summed E-state index contributed by atoms with van der Waals surface area (Å²) in [6.45, 7) is 0. The third kappa shape index (κ3) is 4.56. The second-order valence-electron chi connectivity index (χ2n) is 9.42. The van der Waals surface area contributed by atoms with Gasteiger partial charge >= 0.3 is 17.9 Å². The molecule has 2 fully saturated rings. The zero-order chi connectivity index (χ0) is 27.7. The maximum atomic E-state index is 13.3. The normalized spacial score (nSPS) is 24.4. The first-order valence-corrected chi connectivity index (χ1v) is 12.6. The molecule has 0 amide bonds. The summed E-state index contributed by atoms with van der Waals surface area (Å²) in [6.07, 6.45) is -1.23. The summed E-state index contributed by atoms with van der Waals surface area (Å²) in [6, 6.07) is 27.6. The first-order valence-electron chi connectivity index (χ1n) is 12.6. The maximum Gasteiger partial charge on any atom is 0.339 e. The molecule has 0 radical (unpaired) electrons. The van der Waals surface area contributed by atoms with Crippen LogP contribution < -0.4 is 5.43 Å². The zero-order valence-corrected chi connectivity index (χ0v) is 21.0. The standard InChI is InChI=1S/C31H23NO8/c33-23-16-18-32(19-17-23)27-26(39-29(35)21-12-6-2-7-13-21)31(40-30(36)22-14-8-3-9-15-22)24(37-27)25(31)38-28(34)20-10-4-1-5-11-20/h1-19,24-27H/t24-,25?,26+,27-,31+/m1/s1. The Hall–Kier alpha value is -5.02. The number of hydrogen-bond donors (Lipinski definition) is 0. The van der Waals surface area contributed by atoms with Crippen molar-refractivity contribution in [3.8, 4) is 0 Å². The van der Waals surface area contributed by atoms with E-state index in [1.54, 1.807) is 95.6 Å². The van der Waals surface area contributed by atoms with Gasteiger partial charge in [-0.25, -0.2) is 14.4 Å². The number of benzene rings is 3. The van der Waals surface area contributed by atoms with Crippen molar-refractivity contribution in [1.29, 1.82) is 0 Å². The van der Waals surface area contributed by atoms with E-state index in [9.17, 15) is 19.2 Å². The zero-order valence-electron chi connectivity index (χ0n) is 21.0. The Balaban J connectivity index is 1.38. The van der Waals surface area contributed by atoms with Crippen molar-refractivity contribution in [1.82, 2.24) is 4.57 Å². The van der Waals surface area contributed by atoms with Crippen molar-refractivity contribution in [3.63, 3.8) is 0 Å². The Labute approximate surface area is 228 Å². The highest BCUT2D eigenvalue weighted by molar-refractivity contribution is 5.92. The number of rotatable bonds is 7. The highest BCUT2D eigenvalue weighted by atomic mass is 16.7. The minimum atomic E-state index is -1.64. The number of pyridine rings is 1. The van der Waals surface area contributed by atoms with Gasteiger partial charge in [0.2, 0.25) is 5.60 Å². The van der Waals surface area contributed by atoms with E-state index in [0.717, 1.165) is 0 Å². The fraction of sp³-hybridized carbons (Fsp3) is 0.161. The van der Waals surface area contributed by atoms with E-state index in [0.29, 0.717) is 5.56 Å². The third-order valence-corrected chi connectivity index (χ3v) is 6.93. The lowest BCUT2D eigenvalue weighted by Crippen LogP contribution is -2.44. The van der Waals surface area contributed by atoms with Crippen LogP contribution in [0.25, 0.3) is 0 Å². The molecule has 1 aliphatic heterocycles. The molecule has 3 aromatic carbocycles. The number of carbonyl (C=O) groups excluding carboxylic acids is 3. The van der Waals surface area contributed by atoms with Gasteiger partial charge in [-0.2, -0.15) is 0 Å². The molecule has 1 saturated carbocycles. The van der Waals surface area contributed by atoms with Gasteiger partial charge < -0.3 is 23.5 Å². The molecular formula is C31H23NO8. The molecule has 1 unspecified atom stereocenters. The van der Waals surface area contributed by atoms with E-state index in [1.165, 1.54) is 24.5 Å². The molecule has 1 saturated heterocycles. The Morgan fingerprint density at radius 1 is 0.625 bits per heavy atom. The van der Waals surface area contributed by atoms with Gasteiger partial charge in [0.05, 0.1) is 16.7 Å². The summed E-state index contributed by atoms with van der Waals surface area (Å²) in [5, 5.41) is 0. The lowest BCUT2D eigenvalue weighted by atomic mass is 10.1. The number of fused-ring (bicyclic) bond motifs is 1. The van der Waals surface area contributed by atoms with Crippen molar-refractivity contribution in [2.75, 3.05) is 0 Å². The van der Waals surface area contributed by atoms with E-state index in [2.05, 4.69) is 0 Å². The molecule has 0 spiro atoms. The topological polar surface area (TPSA) is 110 Å². The Morgan fingerprint density at radius 2 is 1.07 bits per heavy atom. The van der Waals surface area contributed by atoms with Gasteiger partial charge in [-0.15, -0.1) is 0 Å². The molecule has 9 nitrogen and oxygen atoms in total. The summed E-state index contributed by atoms with van der Waals surface area (Å²) in [5.41, 5.74) is -1.04. The van der Waals surface area contributed by atoms with E-state index in [1.807, 2.05) is 0 Å². The number of carbonyl (C=O) groups is 3. The Morgan fingerprint density at radius 3 is 1.57 bits per heavy atom. The van der Waals surface area contributed by atoms with Crippen molar-refractivity contribution in [2.24, 2.45) is 0 Å². The van der Waals surface area contributed by atoms with Crippen LogP contribution in [0.2, 0.25) is 0 Å². The largest absolute Gasteiger partial charge is 0.451 e. The quantitative estimate of drug-likeness (QED) is 0.259. The van der Waals surface area contributed by atoms with Gasteiger partial charge in [-0.1, -0.05) is 54.6 Å². The SMILES string of the molecule is O=C(OC1[C@H]2O[C@@H](n3ccc(=O)cc3)[C@H](OC(=O)c3ccccc3)[C@@]12OC(=O)c1ccccc1)c1ccccc1. The number of hydrogen-bond acceptors (Lipinski definition) is 8. The van der Waals surface area contributed by atoms with Gasteiger partial charge in [0.25, 0.3) is 0 Å². The van der Waals surface area contributed by atoms with E-state index in [-0.39, 0.29) is 16.6 Å². The summed E-state index contributed by atoms with van der Waals surface area (Å²) in [7, 11) is 0. The molecule has 200 valence electrons. The Kier molecular flexibility index (Phi) is 6.49. The monoisotopic (exact) mass is 537 g/mol. The van der Waals surface area contributed by atoms with Crippen LogP contribution in [0.4, 0.5) is 0 Å². The molecule has 9 heteroatoms. The van der Waals surface area contributed by atoms with Crippen molar-refractivity contribution in [2.45, 2.75) is 30.1 Å². The highest BCUT2D eigenvalue weighted by Crippen LogP contribution is 2.59. The molecule has 0 N–H and O–H groups in total. The lowest BCUT2D eigenvalue weighted by molar-refractivity contribution is -0.110. The van der Waals surface area contributed by atoms with Gasteiger partial charge in [0.1, 0.15) is 6.10 Å². The number of nitrogens with zero attached hydrogens (tertiary/aromatic N) is 1. The number of esters is 3. The molecule has 2 heterocycles. The molecule has 5 atom stereocenters. The fourth-order valence-electron chi connectivity index (χ4n) is 4.88. The van der Waals surface area contributed by atoms with E-state index < -0.39 is 48.0 Å². The molecule has 6 rings (SSSR count). The number of aromatic nitrogens is 1. The van der Waals surface area contributed by atoms with Gasteiger partial charge in [-0.05, 0) is 36.4 Å². The van der Waals surface area contributed by atoms with Crippen LogP contribution >= 0.6 is 0 Å². The molecule has 1 aromatic heterocycles. The molecule has 4 aromatic rings. The lowest BCUT2D eigenvalue weighted by Gasteiger charge is -2.30. The predicted octanol–water partition coefficient (Wildman–Crippen LogP) is 3.81. The third-order valence-electron chi connectivity index (χ3n) is 6.93. The van der Waals surface area contributed by atoms with Crippen LogP contribution in [0.5, 0.6) is 0 Å². The van der Waals surface area contributed by atoms with Crippen LogP contribution in [0.15, 0.2) is 120 Å². The minimum Gasteiger partial charge on any atom is -0.451 e. The van der Waals surface area contributed by atoms with E-state index >= 15 is 0 Å². The number of ether oxygens (including phenoxy) is 4. The molecule has 1 aliphatic carbocycles.